The molecule has 3 rings (SSSR count). The van der Waals surface area contributed by atoms with Crippen molar-refractivity contribution in [1.82, 2.24) is 14.7 Å². The second kappa shape index (κ2) is 7.72. The molecule has 0 unspecified atom stereocenters. The predicted octanol–water partition coefficient (Wildman–Crippen LogP) is 3.33. The van der Waals surface area contributed by atoms with Gasteiger partial charge in [0.25, 0.3) is 5.91 Å². The third kappa shape index (κ3) is 4.03. The number of amides is 1. The molecule has 0 N–H and O–H groups in total. The minimum absolute atomic E-state index is 0.0713. The van der Waals surface area contributed by atoms with Crippen LogP contribution in [0.1, 0.15) is 49.8 Å². The van der Waals surface area contributed by atoms with Crippen molar-refractivity contribution < 1.29 is 9.53 Å². The number of nitrogens with zero attached hydrogens (tertiary/aromatic N) is 3. The normalized spacial score (nSPS) is 15.6. The van der Waals surface area contributed by atoms with Crippen molar-refractivity contribution in [3.05, 3.63) is 47.8 Å². The molecule has 0 spiro atoms. The standard InChI is InChI=1S/C20H27N3O2/c1-15(2)17-6-4-5-7-19(17)25-14-20(24)23-12-9-16(10-13-23)18-8-11-21-22(18)3/h4-8,11,15-16H,9-10,12-14H2,1-3H3. The zero-order chi connectivity index (χ0) is 17.8. The van der Waals surface area contributed by atoms with Crippen LogP contribution in [0.3, 0.4) is 0 Å². The lowest BCUT2D eigenvalue weighted by molar-refractivity contribution is -0.134. The molecule has 1 aliphatic heterocycles. The van der Waals surface area contributed by atoms with Gasteiger partial charge in [-0.25, -0.2) is 0 Å². The summed E-state index contributed by atoms with van der Waals surface area (Å²) < 4.78 is 7.76. The molecule has 0 atom stereocenters. The van der Waals surface area contributed by atoms with E-state index in [-0.39, 0.29) is 12.5 Å². The lowest BCUT2D eigenvalue weighted by Gasteiger charge is -2.32. The van der Waals surface area contributed by atoms with Crippen LogP contribution in [-0.2, 0) is 11.8 Å². The Bertz CT molecular complexity index is 715. The zero-order valence-corrected chi connectivity index (χ0v) is 15.3. The number of likely N-dealkylation sites (tertiary alicyclic amines) is 1. The van der Waals surface area contributed by atoms with Crippen LogP contribution >= 0.6 is 0 Å². The number of hydrogen-bond donors (Lipinski definition) is 0. The van der Waals surface area contributed by atoms with Gasteiger partial charge in [0, 0.05) is 37.9 Å². The van der Waals surface area contributed by atoms with E-state index in [9.17, 15) is 4.79 Å². The molecule has 1 amide bonds. The molecule has 134 valence electrons. The Morgan fingerprint density at radius 3 is 2.60 bits per heavy atom. The van der Waals surface area contributed by atoms with Gasteiger partial charge < -0.3 is 9.64 Å². The van der Waals surface area contributed by atoms with Crippen LogP contribution in [0, 0.1) is 0 Å². The molecule has 1 aromatic carbocycles. The van der Waals surface area contributed by atoms with Gasteiger partial charge in [0.1, 0.15) is 5.75 Å². The van der Waals surface area contributed by atoms with Crippen LogP contribution < -0.4 is 4.74 Å². The van der Waals surface area contributed by atoms with Crippen molar-refractivity contribution in [2.75, 3.05) is 19.7 Å². The molecule has 5 nitrogen and oxygen atoms in total. The highest BCUT2D eigenvalue weighted by Gasteiger charge is 2.25. The van der Waals surface area contributed by atoms with Gasteiger partial charge >= 0.3 is 0 Å². The van der Waals surface area contributed by atoms with E-state index in [0.29, 0.717) is 11.8 Å². The highest BCUT2D eigenvalue weighted by atomic mass is 16.5. The van der Waals surface area contributed by atoms with Gasteiger partial charge in [-0.1, -0.05) is 32.0 Å². The number of rotatable bonds is 5. The van der Waals surface area contributed by atoms with E-state index in [2.05, 4.69) is 31.1 Å². The van der Waals surface area contributed by atoms with Crippen LogP contribution in [0.4, 0.5) is 0 Å². The first-order valence-electron chi connectivity index (χ1n) is 9.03. The average molecular weight is 341 g/mol. The van der Waals surface area contributed by atoms with Gasteiger partial charge in [-0.3, -0.25) is 9.48 Å². The maximum Gasteiger partial charge on any atom is 0.260 e. The Balaban J connectivity index is 1.53. The van der Waals surface area contributed by atoms with Crippen LogP contribution in [-0.4, -0.2) is 40.3 Å². The van der Waals surface area contributed by atoms with Gasteiger partial charge in [-0.15, -0.1) is 0 Å². The summed E-state index contributed by atoms with van der Waals surface area (Å²) in [6, 6.07) is 10.0. The Morgan fingerprint density at radius 2 is 1.96 bits per heavy atom. The second-order valence-electron chi connectivity index (χ2n) is 7.02. The second-order valence-corrected chi connectivity index (χ2v) is 7.02. The molecule has 2 heterocycles. The summed E-state index contributed by atoms with van der Waals surface area (Å²) in [6.45, 7) is 5.94. The van der Waals surface area contributed by atoms with Crippen LogP contribution in [0.2, 0.25) is 0 Å². The molecule has 1 aliphatic rings. The summed E-state index contributed by atoms with van der Waals surface area (Å²) in [5.74, 6) is 1.75. The number of benzene rings is 1. The van der Waals surface area contributed by atoms with Gasteiger partial charge in [-0.2, -0.15) is 5.10 Å². The number of ether oxygens (including phenoxy) is 1. The Hall–Kier alpha value is -2.30. The zero-order valence-electron chi connectivity index (χ0n) is 15.3. The van der Waals surface area contributed by atoms with Gasteiger partial charge in [0.2, 0.25) is 0 Å². The van der Waals surface area contributed by atoms with Crippen LogP contribution in [0.5, 0.6) is 5.75 Å². The molecule has 0 radical (unpaired) electrons. The fourth-order valence-electron chi connectivity index (χ4n) is 3.53. The van der Waals surface area contributed by atoms with Crippen molar-refractivity contribution in [2.24, 2.45) is 7.05 Å². The van der Waals surface area contributed by atoms with Gasteiger partial charge in [-0.05, 0) is 36.5 Å². The van der Waals surface area contributed by atoms with Crippen molar-refractivity contribution >= 4 is 5.91 Å². The van der Waals surface area contributed by atoms with E-state index in [4.69, 9.17) is 4.74 Å². The first-order chi connectivity index (χ1) is 12.1. The molecule has 25 heavy (non-hydrogen) atoms. The van der Waals surface area contributed by atoms with Crippen molar-refractivity contribution in [2.45, 2.75) is 38.5 Å². The molecule has 1 aromatic heterocycles. The summed E-state index contributed by atoms with van der Waals surface area (Å²) in [4.78, 5) is 14.4. The number of para-hydroxylation sites is 1. The first kappa shape index (κ1) is 17.5. The molecule has 1 saturated heterocycles. The van der Waals surface area contributed by atoms with E-state index >= 15 is 0 Å². The number of carbonyl (C=O) groups is 1. The minimum Gasteiger partial charge on any atom is -0.483 e. The topological polar surface area (TPSA) is 47.4 Å². The minimum atomic E-state index is 0.0713. The largest absolute Gasteiger partial charge is 0.483 e. The van der Waals surface area contributed by atoms with Crippen molar-refractivity contribution in [3.63, 3.8) is 0 Å². The van der Waals surface area contributed by atoms with Crippen LogP contribution in [0.15, 0.2) is 36.5 Å². The average Bonchev–Trinajstić information content (AvgIpc) is 3.06. The van der Waals surface area contributed by atoms with E-state index in [1.54, 1.807) is 0 Å². The fourth-order valence-corrected chi connectivity index (χ4v) is 3.53. The van der Waals surface area contributed by atoms with E-state index in [1.165, 1.54) is 5.69 Å². The number of piperidine rings is 1. The number of aromatic nitrogens is 2. The maximum atomic E-state index is 12.5. The quantitative estimate of drug-likeness (QED) is 0.838. The Morgan fingerprint density at radius 1 is 1.24 bits per heavy atom. The monoisotopic (exact) mass is 341 g/mol. The van der Waals surface area contributed by atoms with Gasteiger partial charge in [0.05, 0.1) is 0 Å². The molecule has 5 heteroatoms. The summed E-state index contributed by atoms with van der Waals surface area (Å²) in [7, 11) is 1.98. The molecule has 0 saturated carbocycles. The summed E-state index contributed by atoms with van der Waals surface area (Å²) in [6.07, 6.45) is 3.80. The first-order valence-corrected chi connectivity index (χ1v) is 9.03. The molecule has 1 fully saturated rings. The molecular weight excluding hydrogens is 314 g/mol. The van der Waals surface area contributed by atoms with E-state index in [1.807, 2.05) is 41.0 Å². The van der Waals surface area contributed by atoms with Crippen molar-refractivity contribution in [3.8, 4) is 5.75 Å². The SMILES string of the molecule is CC(C)c1ccccc1OCC(=O)N1CCC(c2ccnn2C)CC1. The number of carbonyl (C=O) groups excluding carboxylic acids is 1. The third-order valence-electron chi connectivity index (χ3n) is 5.02. The summed E-state index contributed by atoms with van der Waals surface area (Å²) in [5, 5.41) is 4.25. The van der Waals surface area contributed by atoms with Gasteiger partial charge in [0.15, 0.2) is 6.61 Å². The fraction of sp³-hybridized carbons (Fsp3) is 0.500. The lowest BCUT2D eigenvalue weighted by atomic mass is 9.93. The molecular formula is C20H27N3O2. The maximum absolute atomic E-state index is 12.5. The highest BCUT2D eigenvalue weighted by molar-refractivity contribution is 5.78. The Labute approximate surface area is 149 Å². The molecule has 0 aliphatic carbocycles. The molecule has 0 bridgehead atoms. The molecule has 2 aromatic rings. The van der Waals surface area contributed by atoms with Crippen molar-refractivity contribution in [1.29, 1.82) is 0 Å². The number of hydrogen-bond acceptors (Lipinski definition) is 3. The lowest BCUT2D eigenvalue weighted by Crippen LogP contribution is -2.40. The van der Waals surface area contributed by atoms with E-state index < -0.39 is 0 Å². The smallest absolute Gasteiger partial charge is 0.260 e. The van der Waals surface area contributed by atoms with Crippen LogP contribution in [0.25, 0.3) is 0 Å². The summed E-state index contributed by atoms with van der Waals surface area (Å²) in [5.41, 5.74) is 2.40. The predicted molar refractivity (Wildman–Crippen MR) is 97.8 cm³/mol. The Kier molecular flexibility index (Phi) is 5.41. The van der Waals surface area contributed by atoms with E-state index in [0.717, 1.165) is 37.2 Å². The highest BCUT2D eigenvalue weighted by Crippen LogP contribution is 2.28. The number of aryl methyl sites for hydroxylation is 1. The summed E-state index contributed by atoms with van der Waals surface area (Å²) >= 11 is 0. The third-order valence-corrected chi connectivity index (χ3v) is 5.02.